The van der Waals surface area contributed by atoms with Gasteiger partial charge in [0.1, 0.15) is 0 Å². The largest absolute Gasteiger partial charge is 0.390 e. The molecule has 0 aliphatic heterocycles. The van der Waals surface area contributed by atoms with Crippen molar-refractivity contribution in [2.45, 2.75) is 76.7 Å². The molecule has 154 valence electrons. The van der Waals surface area contributed by atoms with Crippen LogP contribution in [-0.4, -0.2) is 24.8 Å². The number of aryl methyl sites for hydroxylation is 1. The number of hydrogen-bond acceptors (Lipinski definition) is 4. The zero-order chi connectivity index (χ0) is 20.4. The first-order valence-electron chi connectivity index (χ1n) is 10.3. The molecular formula is C22H32N2O3S. The summed E-state index contributed by atoms with van der Waals surface area (Å²) in [6.45, 7) is 8.68. The van der Waals surface area contributed by atoms with E-state index >= 15 is 0 Å². The Kier molecular flexibility index (Phi) is 4.47. The van der Waals surface area contributed by atoms with E-state index in [1.165, 1.54) is 0 Å². The number of hydrazone groups is 1. The maximum atomic E-state index is 12.6. The van der Waals surface area contributed by atoms with Gasteiger partial charge in [-0.05, 0) is 74.8 Å². The second-order valence-electron chi connectivity index (χ2n) is 10.3. The Balaban J connectivity index is 1.57. The fraction of sp³-hybridized carbons (Fsp3) is 0.682. The molecular weight excluding hydrogens is 372 g/mol. The highest BCUT2D eigenvalue weighted by Crippen LogP contribution is 2.64. The van der Waals surface area contributed by atoms with Crippen LogP contribution in [0.2, 0.25) is 0 Å². The molecule has 28 heavy (non-hydrogen) atoms. The molecule has 1 aromatic carbocycles. The lowest BCUT2D eigenvalue weighted by atomic mass is 9.49. The Morgan fingerprint density at radius 3 is 2.43 bits per heavy atom. The summed E-state index contributed by atoms with van der Waals surface area (Å²) in [7, 11) is -3.68. The number of hydrogen-bond donors (Lipinski definition) is 2. The molecule has 3 aliphatic rings. The lowest BCUT2D eigenvalue weighted by molar-refractivity contribution is -0.152. The normalized spacial score (nSPS) is 38.2. The van der Waals surface area contributed by atoms with Gasteiger partial charge in [0.05, 0.1) is 10.5 Å². The summed E-state index contributed by atoms with van der Waals surface area (Å²) in [6.07, 6.45) is 5.10. The van der Waals surface area contributed by atoms with E-state index < -0.39 is 15.6 Å². The van der Waals surface area contributed by atoms with Crippen molar-refractivity contribution in [2.24, 2.45) is 27.8 Å². The smallest absolute Gasteiger partial charge is 0.276 e. The zero-order valence-electron chi connectivity index (χ0n) is 17.3. The first-order valence-corrected chi connectivity index (χ1v) is 11.8. The molecule has 0 radical (unpaired) electrons. The standard InChI is InChI=1S/C22H32N2O3S/c1-15-5-7-16(8-6-15)28(26,27)24-23-19-10-12-22(25)14-21(19,4)11-9-17-18(22)13-20(17,2)3/h5-8,17-18,24-25H,9-14H2,1-4H3/b23-19+/t17-,18+,21+,22-/m1/s1. The van der Waals surface area contributed by atoms with Crippen LogP contribution in [0.1, 0.15) is 64.9 Å². The predicted molar refractivity (Wildman–Crippen MR) is 110 cm³/mol. The fourth-order valence-electron chi connectivity index (χ4n) is 6.00. The highest BCUT2D eigenvalue weighted by molar-refractivity contribution is 7.89. The van der Waals surface area contributed by atoms with Crippen LogP contribution in [0.25, 0.3) is 0 Å². The Hall–Kier alpha value is -1.40. The molecule has 3 aliphatic carbocycles. The maximum Gasteiger partial charge on any atom is 0.276 e. The number of aliphatic hydroxyl groups is 1. The number of benzene rings is 1. The molecule has 0 aromatic heterocycles. The first kappa shape index (κ1) is 19.9. The minimum atomic E-state index is -3.68. The van der Waals surface area contributed by atoms with Gasteiger partial charge < -0.3 is 5.11 Å². The lowest BCUT2D eigenvalue weighted by Gasteiger charge is -2.58. The molecule has 4 atom stereocenters. The SMILES string of the molecule is Cc1ccc(S(=O)(=O)N/N=C2\CC[C@@]3(O)C[C@]2(C)CC[C@@H]2[C@@H]3CC2(C)C)cc1. The van der Waals surface area contributed by atoms with Crippen molar-refractivity contribution in [1.29, 1.82) is 0 Å². The van der Waals surface area contributed by atoms with Gasteiger partial charge in [-0.25, -0.2) is 4.83 Å². The van der Waals surface area contributed by atoms with Crippen LogP contribution in [-0.2, 0) is 10.0 Å². The molecule has 3 saturated carbocycles. The summed E-state index contributed by atoms with van der Waals surface area (Å²) < 4.78 is 25.3. The van der Waals surface area contributed by atoms with Gasteiger partial charge in [-0.2, -0.15) is 13.5 Å². The van der Waals surface area contributed by atoms with Crippen LogP contribution >= 0.6 is 0 Å². The average Bonchev–Trinajstić information content (AvgIpc) is 2.66. The van der Waals surface area contributed by atoms with E-state index in [-0.39, 0.29) is 10.3 Å². The highest BCUT2D eigenvalue weighted by atomic mass is 32.2. The van der Waals surface area contributed by atoms with Crippen LogP contribution in [0.4, 0.5) is 0 Å². The molecule has 0 unspecified atom stereocenters. The van der Waals surface area contributed by atoms with Gasteiger partial charge in [0.15, 0.2) is 0 Å². The van der Waals surface area contributed by atoms with Crippen molar-refractivity contribution in [1.82, 2.24) is 4.83 Å². The Morgan fingerprint density at radius 1 is 1.11 bits per heavy atom. The monoisotopic (exact) mass is 404 g/mol. The zero-order valence-corrected chi connectivity index (χ0v) is 18.1. The third-order valence-electron chi connectivity index (χ3n) is 7.75. The van der Waals surface area contributed by atoms with Gasteiger partial charge in [-0.3, -0.25) is 0 Å². The minimum absolute atomic E-state index is 0.223. The molecule has 2 bridgehead atoms. The van der Waals surface area contributed by atoms with E-state index in [9.17, 15) is 13.5 Å². The summed E-state index contributed by atoms with van der Waals surface area (Å²) in [5.41, 5.74) is 1.29. The van der Waals surface area contributed by atoms with Crippen molar-refractivity contribution in [3.05, 3.63) is 29.8 Å². The molecule has 0 amide bonds. The minimum Gasteiger partial charge on any atom is -0.390 e. The molecule has 6 heteroatoms. The van der Waals surface area contributed by atoms with Gasteiger partial charge in [-0.15, -0.1) is 0 Å². The molecule has 5 nitrogen and oxygen atoms in total. The third-order valence-corrected chi connectivity index (χ3v) is 8.98. The fourth-order valence-corrected chi connectivity index (χ4v) is 6.83. The van der Waals surface area contributed by atoms with E-state index in [2.05, 4.69) is 30.7 Å². The van der Waals surface area contributed by atoms with Crippen molar-refractivity contribution in [2.75, 3.05) is 0 Å². The molecule has 0 spiro atoms. The van der Waals surface area contributed by atoms with Crippen molar-refractivity contribution in [3.63, 3.8) is 0 Å². The number of rotatable bonds is 3. The van der Waals surface area contributed by atoms with Gasteiger partial charge in [0.2, 0.25) is 0 Å². The molecule has 4 rings (SSSR count). The molecule has 0 saturated heterocycles. The van der Waals surface area contributed by atoms with Crippen molar-refractivity contribution >= 4 is 15.7 Å². The first-order chi connectivity index (χ1) is 13.0. The van der Waals surface area contributed by atoms with E-state index in [0.29, 0.717) is 36.5 Å². The molecule has 2 N–H and O–H groups in total. The van der Waals surface area contributed by atoms with Crippen molar-refractivity contribution in [3.8, 4) is 0 Å². The topological polar surface area (TPSA) is 78.8 Å². The number of nitrogens with zero attached hydrogens (tertiary/aromatic N) is 1. The Bertz CT molecular complexity index is 906. The number of fused-ring (bicyclic) bond motifs is 4. The van der Waals surface area contributed by atoms with Gasteiger partial charge in [0.25, 0.3) is 10.0 Å². The van der Waals surface area contributed by atoms with Crippen LogP contribution < -0.4 is 4.83 Å². The van der Waals surface area contributed by atoms with Gasteiger partial charge in [0, 0.05) is 11.1 Å². The molecule has 3 fully saturated rings. The summed E-state index contributed by atoms with van der Waals surface area (Å²) in [5.74, 6) is 0.915. The third kappa shape index (κ3) is 3.18. The summed E-state index contributed by atoms with van der Waals surface area (Å²) in [6, 6.07) is 6.77. The van der Waals surface area contributed by atoms with E-state index in [1.54, 1.807) is 24.3 Å². The maximum absolute atomic E-state index is 12.6. The van der Waals surface area contributed by atoms with Gasteiger partial charge in [-0.1, -0.05) is 38.5 Å². The molecule has 1 aromatic rings. The van der Waals surface area contributed by atoms with Crippen LogP contribution in [0.3, 0.4) is 0 Å². The van der Waals surface area contributed by atoms with E-state index in [4.69, 9.17) is 0 Å². The van der Waals surface area contributed by atoms with Gasteiger partial charge >= 0.3 is 0 Å². The quantitative estimate of drug-likeness (QED) is 0.747. The summed E-state index contributed by atoms with van der Waals surface area (Å²) >= 11 is 0. The predicted octanol–water partition coefficient (Wildman–Crippen LogP) is 4.01. The van der Waals surface area contributed by atoms with E-state index in [1.807, 2.05) is 6.92 Å². The van der Waals surface area contributed by atoms with Crippen molar-refractivity contribution < 1.29 is 13.5 Å². The summed E-state index contributed by atoms with van der Waals surface area (Å²) in [5, 5.41) is 15.8. The Morgan fingerprint density at radius 2 is 1.79 bits per heavy atom. The van der Waals surface area contributed by atoms with E-state index in [0.717, 1.165) is 30.5 Å². The second-order valence-corrected chi connectivity index (χ2v) is 11.9. The van der Waals surface area contributed by atoms with Crippen LogP contribution in [0, 0.1) is 29.6 Å². The highest BCUT2D eigenvalue weighted by Gasteiger charge is 2.61. The Labute approximate surface area is 168 Å². The van der Waals surface area contributed by atoms with Crippen LogP contribution in [0.15, 0.2) is 34.3 Å². The summed E-state index contributed by atoms with van der Waals surface area (Å²) in [4.78, 5) is 2.68. The second kappa shape index (κ2) is 6.30. The number of nitrogens with one attached hydrogen (secondary N) is 1. The average molecular weight is 405 g/mol. The number of sulfonamides is 1. The lowest BCUT2D eigenvalue weighted by Crippen LogP contribution is -2.57. The van der Waals surface area contributed by atoms with Crippen LogP contribution in [0.5, 0.6) is 0 Å². The molecule has 0 heterocycles.